The predicted molar refractivity (Wildman–Crippen MR) is 71.7 cm³/mol. The minimum absolute atomic E-state index is 0.202. The van der Waals surface area contributed by atoms with Crippen LogP contribution in [0, 0.1) is 11.8 Å². The molecule has 1 heterocycles. The topological polar surface area (TPSA) is 18.5 Å². The molecular weight excluding hydrogens is 224 g/mol. The SMILES string of the molecule is COc1cccc([C@@H]2OC[C@H]3CC=C(C)[C@@H]2C3)c1. The maximum atomic E-state index is 6.10. The molecule has 3 rings (SSSR count). The lowest BCUT2D eigenvalue weighted by molar-refractivity contribution is -0.0513. The summed E-state index contributed by atoms with van der Waals surface area (Å²) >= 11 is 0. The van der Waals surface area contributed by atoms with Crippen LogP contribution in [0.25, 0.3) is 0 Å². The van der Waals surface area contributed by atoms with Crippen molar-refractivity contribution in [3.8, 4) is 5.75 Å². The maximum absolute atomic E-state index is 6.10. The number of allylic oxidation sites excluding steroid dienone is 1. The van der Waals surface area contributed by atoms with Gasteiger partial charge in [0.25, 0.3) is 0 Å². The maximum Gasteiger partial charge on any atom is 0.119 e. The summed E-state index contributed by atoms with van der Waals surface area (Å²) in [6, 6.07) is 8.28. The molecule has 0 N–H and O–H groups in total. The van der Waals surface area contributed by atoms with E-state index in [1.54, 1.807) is 7.11 Å². The Morgan fingerprint density at radius 1 is 1.33 bits per heavy atom. The molecule has 0 saturated carbocycles. The Morgan fingerprint density at radius 3 is 3.06 bits per heavy atom. The van der Waals surface area contributed by atoms with Crippen molar-refractivity contribution in [2.75, 3.05) is 13.7 Å². The van der Waals surface area contributed by atoms with E-state index in [4.69, 9.17) is 9.47 Å². The van der Waals surface area contributed by atoms with Crippen LogP contribution in [-0.2, 0) is 4.74 Å². The Balaban J connectivity index is 1.91. The van der Waals surface area contributed by atoms with Gasteiger partial charge in [-0.1, -0.05) is 23.8 Å². The van der Waals surface area contributed by atoms with Gasteiger partial charge in [-0.2, -0.15) is 0 Å². The molecule has 2 heteroatoms. The van der Waals surface area contributed by atoms with E-state index in [0.29, 0.717) is 5.92 Å². The molecule has 2 aliphatic rings. The third-order valence-electron chi connectivity index (χ3n) is 4.24. The van der Waals surface area contributed by atoms with Crippen molar-refractivity contribution in [2.45, 2.75) is 25.9 Å². The van der Waals surface area contributed by atoms with Gasteiger partial charge in [-0.05, 0) is 43.4 Å². The zero-order valence-corrected chi connectivity index (χ0v) is 11.1. The van der Waals surface area contributed by atoms with Crippen LogP contribution in [0.3, 0.4) is 0 Å². The van der Waals surface area contributed by atoms with Gasteiger partial charge in [0.15, 0.2) is 0 Å². The summed E-state index contributed by atoms with van der Waals surface area (Å²) in [7, 11) is 1.71. The first-order valence-electron chi connectivity index (χ1n) is 6.70. The normalized spacial score (nSPS) is 30.8. The van der Waals surface area contributed by atoms with Crippen molar-refractivity contribution in [3.05, 3.63) is 41.5 Å². The van der Waals surface area contributed by atoms with Gasteiger partial charge >= 0.3 is 0 Å². The average Bonchev–Trinajstić information content (AvgIpc) is 2.43. The van der Waals surface area contributed by atoms with Crippen LogP contribution in [0.2, 0.25) is 0 Å². The molecule has 0 spiro atoms. The molecule has 1 aromatic carbocycles. The lowest BCUT2D eigenvalue weighted by atomic mass is 9.75. The van der Waals surface area contributed by atoms with E-state index in [1.807, 2.05) is 12.1 Å². The molecule has 18 heavy (non-hydrogen) atoms. The fourth-order valence-corrected chi connectivity index (χ4v) is 3.15. The molecule has 1 aliphatic heterocycles. The van der Waals surface area contributed by atoms with Crippen molar-refractivity contribution in [2.24, 2.45) is 11.8 Å². The molecule has 2 nitrogen and oxygen atoms in total. The molecule has 0 aromatic heterocycles. The Labute approximate surface area is 109 Å². The summed E-state index contributed by atoms with van der Waals surface area (Å²) in [4.78, 5) is 0. The lowest BCUT2D eigenvalue weighted by Crippen LogP contribution is -2.32. The second-order valence-electron chi connectivity index (χ2n) is 5.42. The summed E-state index contributed by atoms with van der Waals surface area (Å²) in [5.74, 6) is 2.18. The number of rotatable bonds is 2. The van der Waals surface area contributed by atoms with E-state index in [-0.39, 0.29) is 6.10 Å². The molecular formula is C16H20O2. The highest BCUT2D eigenvalue weighted by Gasteiger charge is 2.35. The molecule has 2 bridgehead atoms. The van der Waals surface area contributed by atoms with Crippen molar-refractivity contribution in [3.63, 3.8) is 0 Å². The second kappa shape index (κ2) is 4.77. The van der Waals surface area contributed by atoms with Gasteiger partial charge in [0.2, 0.25) is 0 Å². The predicted octanol–water partition coefficient (Wildman–Crippen LogP) is 3.74. The van der Waals surface area contributed by atoms with Crippen LogP contribution in [0.1, 0.15) is 31.4 Å². The molecule has 1 saturated heterocycles. The number of methoxy groups -OCH3 is 1. The molecule has 1 fully saturated rings. The van der Waals surface area contributed by atoms with E-state index in [2.05, 4.69) is 25.1 Å². The standard InChI is InChI=1S/C16H20O2/c1-11-6-7-12-8-15(11)16(18-10-12)13-4-3-5-14(9-13)17-2/h3-6,9,12,15-16H,7-8,10H2,1-2H3/t12-,15-,16-/m0/s1. The van der Waals surface area contributed by atoms with E-state index >= 15 is 0 Å². The van der Waals surface area contributed by atoms with Crippen LogP contribution in [0.5, 0.6) is 5.75 Å². The minimum Gasteiger partial charge on any atom is -0.497 e. The Kier molecular flexibility index (Phi) is 3.13. The first kappa shape index (κ1) is 11.8. The molecule has 0 radical (unpaired) electrons. The molecule has 96 valence electrons. The lowest BCUT2D eigenvalue weighted by Gasteiger charge is -2.40. The van der Waals surface area contributed by atoms with Crippen LogP contribution in [-0.4, -0.2) is 13.7 Å². The number of benzene rings is 1. The zero-order chi connectivity index (χ0) is 12.5. The fourth-order valence-electron chi connectivity index (χ4n) is 3.15. The first-order chi connectivity index (χ1) is 8.78. The Hall–Kier alpha value is -1.28. The van der Waals surface area contributed by atoms with Gasteiger partial charge in [-0.15, -0.1) is 0 Å². The van der Waals surface area contributed by atoms with Crippen molar-refractivity contribution in [1.82, 2.24) is 0 Å². The van der Waals surface area contributed by atoms with Gasteiger partial charge in [0.1, 0.15) is 5.75 Å². The summed E-state index contributed by atoms with van der Waals surface area (Å²) in [5.41, 5.74) is 2.73. The molecule has 1 aliphatic carbocycles. The van der Waals surface area contributed by atoms with Crippen LogP contribution >= 0.6 is 0 Å². The van der Waals surface area contributed by atoms with E-state index in [0.717, 1.165) is 18.3 Å². The van der Waals surface area contributed by atoms with Crippen molar-refractivity contribution < 1.29 is 9.47 Å². The monoisotopic (exact) mass is 244 g/mol. The summed E-state index contributed by atoms with van der Waals surface area (Å²) in [5, 5.41) is 0. The van der Waals surface area contributed by atoms with Gasteiger partial charge in [0, 0.05) is 5.92 Å². The van der Waals surface area contributed by atoms with Crippen LogP contribution in [0.4, 0.5) is 0 Å². The highest BCUT2D eigenvalue weighted by molar-refractivity contribution is 5.32. The number of ether oxygens (including phenoxy) is 2. The fraction of sp³-hybridized carbons (Fsp3) is 0.500. The van der Waals surface area contributed by atoms with Gasteiger partial charge in [-0.3, -0.25) is 0 Å². The summed E-state index contributed by atoms with van der Waals surface area (Å²) < 4.78 is 11.4. The summed E-state index contributed by atoms with van der Waals surface area (Å²) in [6.45, 7) is 3.13. The molecule has 3 atom stereocenters. The van der Waals surface area contributed by atoms with Crippen LogP contribution < -0.4 is 4.74 Å². The molecule has 0 unspecified atom stereocenters. The van der Waals surface area contributed by atoms with E-state index < -0.39 is 0 Å². The highest BCUT2D eigenvalue weighted by atomic mass is 16.5. The highest BCUT2D eigenvalue weighted by Crippen LogP contribution is 2.44. The van der Waals surface area contributed by atoms with E-state index in [9.17, 15) is 0 Å². The van der Waals surface area contributed by atoms with E-state index in [1.165, 1.54) is 24.0 Å². The minimum atomic E-state index is 0.202. The third-order valence-corrected chi connectivity index (χ3v) is 4.24. The van der Waals surface area contributed by atoms with Crippen LogP contribution in [0.15, 0.2) is 35.9 Å². The quantitative estimate of drug-likeness (QED) is 0.738. The molecule has 1 aromatic rings. The van der Waals surface area contributed by atoms with Gasteiger partial charge in [-0.25, -0.2) is 0 Å². The first-order valence-corrected chi connectivity index (χ1v) is 6.70. The Bertz CT molecular complexity index is 464. The largest absolute Gasteiger partial charge is 0.497 e. The smallest absolute Gasteiger partial charge is 0.119 e. The third kappa shape index (κ3) is 2.05. The molecule has 0 amide bonds. The number of fused-ring (bicyclic) bond motifs is 2. The summed E-state index contributed by atoms with van der Waals surface area (Å²) in [6.07, 6.45) is 5.05. The Morgan fingerprint density at radius 2 is 2.22 bits per heavy atom. The van der Waals surface area contributed by atoms with Crippen molar-refractivity contribution in [1.29, 1.82) is 0 Å². The average molecular weight is 244 g/mol. The van der Waals surface area contributed by atoms with Gasteiger partial charge in [0.05, 0.1) is 19.8 Å². The van der Waals surface area contributed by atoms with Crippen molar-refractivity contribution >= 4 is 0 Å². The number of hydrogen-bond acceptors (Lipinski definition) is 2. The van der Waals surface area contributed by atoms with Gasteiger partial charge < -0.3 is 9.47 Å². The second-order valence-corrected chi connectivity index (χ2v) is 5.42. The zero-order valence-electron chi connectivity index (χ0n) is 11.1. The number of hydrogen-bond donors (Lipinski definition) is 0.